The van der Waals surface area contributed by atoms with E-state index in [1.165, 1.54) is 19.3 Å². The number of ether oxygens (including phenoxy) is 1. The number of benzene rings is 1. The van der Waals surface area contributed by atoms with Gasteiger partial charge in [-0.3, -0.25) is 4.79 Å². The summed E-state index contributed by atoms with van der Waals surface area (Å²) in [7, 11) is 1.58. The fraction of sp³-hybridized carbons (Fsp3) is 0.579. The van der Waals surface area contributed by atoms with Gasteiger partial charge in [0.05, 0.1) is 12.8 Å². The molecule has 6 heteroatoms. The lowest BCUT2D eigenvalue weighted by Crippen LogP contribution is -2.39. The number of nitrogens with zero attached hydrogens (tertiary/aromatic N) is 1. The second-order valence-electron chi connectivity index (χ2n) is 6.82. The molecule has 1 saturated heterocycles. The molecular formula is C19H27N3O3. The fourth-order valence-electron chi connectivity index (χ4n) is 3.64. The first-order valence-electron chi connectivity index (χ1n) is 9.23. The fourth-order valence-corrected chi connectivity index (χ4v) is 3.64. The molecule has 2 fully saturated rings. The molecule has 1 aliphatic carbocycles. The minimum atomic E-state index is -0.184. The highest BCUT2D eigenvalue weighted by molar-refractivity contribution is 5.96. The summed E-state index contributed by atoms with van der Waals surface area (Å²) in [6, 6.07) is 5.52. The zero-order valence-electron chi connectivity index (χ0n) is 14.8. The number of rotatable bonds is 4. The minimum Gasteiger partial charge on any atom is -0.494 e. The second kappa shape index (κ2) is 8.23. The van der Waals surface area contributed by atoms with Crippen molar-refractivity contribution in [2.75, 3.05) is 23.9 Å². The van der Waals surface area contributed by atoms with Gasteiger partial charge in [0.1, 0.15) is 5.75 Å². The summed E-state index contributed by atoms with van der Waals surface area (Å²) >= 11 is 0. The Hall–Kier alpha value is -2.24. The molecule has 1 aromatic carbocycles. The van der Waals surface area contributed by atoms with Crippen LogP contribution in [0.25, 0.3) is 0 Å². The van der Waals surface area contributed by atoms with Crippen LogP contribution in [0.4, 0.5) is 16.2 Å². The van der Waals surface area contributed by atoms with Gasteiger partial charge in [0.15, 0.2) is 0 Å². The van der Waals surface area contributed by atoms with Gasteiger partial charge < -0.3 is 20.3 Å². The lowest BCUT2D eigenvalue weighted by molar-refractivity contribution is -0.119. The van der Waals surface area contributed by atoms with Crippen molar-refractivity contribution in [1.29, 1.82) is 0 Å². The molecule has 3 rings (SSSR count). The van der Waals surface area contributed by atoms with Gasteiger partial charge in [0, 0.05) is 30.8 Å². The highest BCUT2D eigenvalue weighted by atomic mass is 16.5. The van der Waals surface area contributed by atoms with Gasteiger partial charge in [-0.1, -0.05) is 19.3 Å². The van der Waals surface area contributed by atoms with Crippen molar-refractivity contribution in [3.63, 3.8) is 0 Å². The Morgan fingerprint density at radius 1 is 1.16 bits per heavy atom. The van der Waals surface area contributed by atoms with Crippen LogP contribution in [-0.4, -0.2) is 31.6 Å². The summed E-state index contributed by atoms with van der Waals surface area (Å²) in [5, 5.41) is 5.91. The van der Waals surface area contributed by atoms with E-state index in [1.54, 1.807) is 18.1 Å². The van der Waals surface area contributed by atoms with Crippen LogP contribution < -0.4 is 20.3 Å². The van der Waals surface area contributed by atoms with Crippen molar-refractivity contribution in [3.05, 3.63) is 18.2 Å². The maximum Gasteiger partial charge on any atom is 0.319 e. The van der Waals surface area contributed by atoms with E-state index in [-0.39, 0.29) is 18.0 Å². The van der Waals surface area contributed by atoms with Crippen LogP contribution in [0.5, 0.6) is 5.75 Å². The number of hydrogen-bond donors (Lipinski definition) is 2. The highest BCUT2D eigenvalue weighted by Gasteiger charge is 2.23. The SMILES string of the molecule is COc1cc(NC(=O)NC2CCCCC2)ccc1N1CCCCC1=O. The van der Waals surface area contributed by atoms with E-state index in [2.05, 4.69) is 10.6 Å². The summed E-state index contributed by atoms with van der Waals surface area (Å²) < 4.78 is 5.45. The number of hydrogen-bond acceptors (Lipinski definition) is 3. The maximum absolute atomic E-state index is 12.2. The van der Waals surface area contributed by atoms with E-state index in [9.17, 15) is 9.59 Å². The average molecular weight is 345 g/mol. The van der Waals surface area contributed by atoms with Gasteiger partial charge in [0.2, 0.25) is 5.91 Å². The molecule has 0 unspecified atom stereocenters. The smallest absolute Gasteiger partial charge is 0.319 e. The summed E-state index contributed by atoms with van der Waals surface area (Å²) in [6.45, 7) is 0.712. The third kappa shape index (κ3) is 4.44. The lowest BCUT2D eigenvalue weighted by atomic mass is 9.96. The van der Waals surface area contributed by atoms with Crippen molar-refractivity contribution < 1.29 is 14.3 Å². The maximum atomic E-state index is 12.2. The molecule has 1 saturated carbocycles. The Bertz CT molecular complexity index is 626. The average Bonchev–Trinajstić information content (AvgIpc) is 2.63. The molecule has 0 radical (unpaired) electrons. The van der Waals surface area contributed by atoms with Crippen molar-refractivity contribution in [3.8, 4) is 5.75 Å². The number of carbonyl (C=O) groups excluding carboxylic acids is 2. The number of urea groups is 1. The Morgan fingerprint density at radius 2 is 1.96 bits per heavy atom. The Labute approximate surface area is 148 Å². The molecule has 1 aromatic rings. The summed E-state index contributed by atoms with van der Waals surface area (Å²) in [4.78, 5) is 26.1. The number of piperidine rings is 1. The second-order valence-corrected chi connectivity index (χ2v) is 6.82. The number of methoxy groups -OCH3 is 1. The largest absolute Gasteiger partial charge is 0.494 e. The molecule has 0 aromatic heterocycles. The number of amides is 3. The molecule has 2 N–H and O–H groups in total. The quantitative estimate of drug-likeness (QED) is 0.875. The van der Waals surface area contributed by atoms with Crippen LogP contribution in [0, 0.1) is 0 Å². The molecule has 25 heavy (non-hydrogen) atoms. The topological polar surface area (TPSA) is 70.7 Å². The molecular weight excluding hydrogens is 318 g/mol. The van der Waals surface area contributed by atoms with E-state index in [0.29, 0.717) is 24.4 Å². The number of carbonyl (C=O) groups is 2. The molecule has 0 bridgehead atoms. The van der Waals surface area contributed by atoms with Crippen LogP contribution in [0.2, 0.25) is 0 Å². The monoisotopic (exact) mass is 345 g/mol. The van der Waals surface area contributed by atoms with Crippen LogP contribution in [0.3, 0.4) is 0 Å². The van der Waals surface area contributed by atoms with E-state index >= 15 is 0 Å². The van der Waals surface area contributed by atoms with Crippen molar-refractivity contribution in [1.82, 2.24) is 5.32 Å². The van der Waals surface area contributed by atoms with Crippen LogP contribution in [-0.2, 0) is 4.79 Å². The molecule has 1 heterocycles. The van der Waals surface area contributed by atoms with E-state index in [4.69, 9.17) is 4.74 Å². The normalized spacial score (nSPS) is 18.8. The van der Waals surface area contributed by atoms with Crippen LogP contribution in [0.15, 0.2) is 18.2 Å². The Balaban J connectivity index is 1.66. The summed E-state index contributed by atoms with van der Waals surface area (Å²) in [5.41, 5.74) is 1.43. The first kappa shape index (κ1) is 17.6. The van der Waals surface area contributed by atoms with Crippen molar-refractivity contribution in [2.24, 2.45) is 0 Å². The summed E-state index contributed by atoms with van der Waals surface area (Å²) in [6.07, 6.45) is 8.23. The molecule has 3 amide bonds. The van der Waals surface area contributed by atoms with Crippen molar-refractivity contribution in [2.45, 2.75) is 57.4 Å². The van der Waals surface area contributed by atoms with E-state index < -0.39 is 0 Å². The lowest BCUT2D eigenvalue weighted by Gasteiger charge is -2.28. The standard InChI is InChI=1S/C19H27N3O3/c1-25-17-13-15(21-19(24)20-14-7-3-2-4-8-14)10-11-16(17)22-12-6-5-9-18(22)23/h10-11,13-14H,2-9,12H2,1H3,(H2,20,21,24). The van der Waals surface area contributed by atoms with Gasteiger partial charge in [-0.15, -0.1) is 0 Å². The van der Waals surface area contributed by atoms with Gasteiger partial charge in [-0.05, 0) is 37.8 Å². The Morgan fingerprint density at radius 3 is 2.68 bits per heavy atom. The minimum absolute atomic E-state index is 0.125. The zero-order valence-corrected chi connectivity index (χ0v) is 14.8. The van der Waals surface area contributed by atoms with Crippen LogP contribution >= 0.6 is 0 Å². The molecule has 0 spiro atoms. The molecule has 0 atom stereocenters. The van der Waals surface area contributed by atoms with Gasteiger partial charge in [-0.2, -0.15) is 0 Å². The molecule has 6 nitrogen and oxygen atoms in total. The van der Waals surface area contributed by atoms with E-state index in [1.807, 2.05) is 12.1 Å². The third-order valence-electron chi connectivity index (χ3n) is 4.99. The Kier molecular flexibility index (Phi) is 5.79. The predicted octanol–water partition coefficient (Wildman–Crippen LogP) is 3.67. The zero-order chi connectivity index (χ0) is 17.6. The molecule has 2 aliphatic rings. The van der Waals surface area contributed by atoms with Gasteiger partial charge >= 0.3 is 6.03 Å². The van der Waals surface area contributed by atoms with Gasteiger partial charge in [-0.25, -0.2) is 4.79 Å². The van der Waals surface area contributed by atoms with Gasteiger partial charge in [0.25, 0.3) is 0 Å². The first-order chi connectivity index (χ1) is 12.2. The predicted molar refractivity (Wildman–Crippen MR) is 98.2 cm³/mol. The summed E-state index contributed by atoms with van der Waals surface area (Å²) in [5.74, 6) is 0.728. The van der Waals surface area contributed by atoms with E-state index in [0.717, 1.165) is 31.4 Å². The number of anilines is 2. The van der Waals surface area contributed by atoms with Crippen LogP contribution in [0.1, 0.15) is 51.4 Å². The van der Waals surface area contributed by atoms with Crippen molar-refractivity contribution >= 4 is 23.3 Å². The molecule has 136 valence electrons. The molecule has 1 aliphatic heterocycles. The first-order valence-corrected chi connectivity index (χ1v) is 9.23. The number of nitrogens with one attached hydrogen (secondary N) is 2. The third-order valence-corrected chi connectivity index (χ3v) is 4.99. The highest BCUT2D eigenvalue weighted by Crippen LogP contribution is 2.33.